The van der Waals surface area contributed by atoms with Crippen LogP contribution in [0.25, 0.3) is 5.65 Å². The summed E-state index contributed by atoms with van der Waals surface area (Å²) in [6.07, 6.45) is 3.45. The van der Waals surface area contributed by atoms with Gasteiger partial charge in [0.25, 0.3) is 5.91 Å². The summed E-state index contributed by atoms with van der Waals surface area (Å²) in [6.45, 7) is 1.81. The van der Waals surface area contributed by atoms with Crippen LogP contribution in [0.4, 0.5) is 5.82 Å². The molecular formula is C14H10Br2N4O. The van der Waals surface area contributed by atoms with E-state index in [1.807, 2.05) is 31.3 Å². The molecule has 3 aromatic rings. The monoisotopic (exact) mass is 408 g/mol. The minimum atomic E-state index is -0.243. The highest BCUT2D eigenvalue weighted by Gasteiger charge is 2.17. The molecule has 1 amide bonds. The Kier molecular flexibility index (Phi) is 3.77. The van der Waals surface area contributed by atoms with Crippen molar-refractivity contribution in [3.8, 4) is 0 Å². The van der Waals surface area contributed by atoms with E-state index >= 15 is 0 Å². The lowest BCUT2D eigenvalue weighted by Crippen LogP contribution is -2.16. The SMILES string of the molecule is Cc1nc2ccc(Br)cn2c1C(=O)Nc1ccc(Br)cn1. The molecule has 106 valence electrons. The molecule has 21 heavy (non-hydrogen) atoms. The van der Waals surface area contributed by atoms with E-state index in [0.29, 0.717) is 17.2 Å². The molecule has 3 rings (SSSR count). The summed E-state index contributed by atoms with van der Waals surface area (Å²) in [6, 6.07) is 7.29. The highest BCUT2D eigenvalue weighted by atomic mass is 79.9. The summed E-state index contributed by atoms with van der Waals surface area (Å²) in [5.74, 6) is 0.250. The van der Waals surface area contributed by atoms with Crippen molar-refractivity contribution in [3.63, 3.8) is 0 Å². The maximum Gasteiger partial charge on any atom is 0.275 e. The van der Waals surface area contributed by atoms with Crippen molar-refractivity contribution in [2.24, 2.45) is 0 Å². The number of rotatable bonds is 2. The van der Waals surface area contributed by atoms with Crippen LogP contribution < -0.4 is 5.32 Å². The van der Waals surface area contributed by atoms with Crippen molar-refractivity contribution in [1.29, 1.82) is 0 Å². The Morgan fingerprint density at radius 3 is 2.67 bits per heavy atom. The molecule has 0 aliphatic heterocycles. The first-order valence-corrected chi connectivity index (χ1v) is 7.70. The zero-order chi connectivity index (χ0) is 15.0. The molecule has 0 bridgehead atoms. The normalized spacial score (nSPS) is 10.8. The topological polar surface area (TPSA) is 59.3 Å². The van der Waals surface area contributed by atoms with Crippen LogP contribution in [0.5, 0.6) is 0 Å². The number of aryl methyl sites for hydroxylation is 1. The average molecular weight is 410 g/mol. The number of pyridine rings is 2. The van der Waals surface area contributed by atoms with Gasteiger partial charge in [-0.2, -0.15) is 0 Å². The first-order valence-electron chi connectivity index (χ1n) is 6.12. The molecule has 0 aliphatic carbocycles. The van der Waals surface area contributed by atoms with Gasteiger partial charge in [0.1, 0.15) is 17.2 Å². The van der Waals surface area contributed by atoms with E-state index in [9.17, 15) is 4.79 Å². The number of hydrogen-bond acceptors (Lipinski definition) is 3. The van der Waals surface area contributed by atoms with E-state index in [0.717, 1.165) is 14.6 Å². The molecule has 0 saturated carbocycles. The lowest BCUT2D eigenvalue weighted by atomic mass is 10.3. The third kappa shape index (κ3) is 2.84. The molecule has 0 fully saturated rings. The van der Waals surface area contributed by atoms with Gasteiger partial charge in [0.05, 0.1) is 5.69 Å². The Morgan fingerprint density at radius 2 is 1.95 bits per heavy atom. The Morgan fingerprint density at radius 1 is 1.19 bits per heavy atom. The third-order valence-corrected chi connectivity index (χ3v) is 3.88. The lowest BCUT2D eigenvalue weighted by Gasteiger charge is -2.05. The quantitative estimate of drug-likeness (QED) is 0.699. The largest absolute Gasteiger partial charge is 0.305 e. The van der Waals surface area contributed by atoms with Gasteiger partial charge < -0.3 is 5.32 Å². The fraction of sp³-hybridized carbons (Fsp3) is 0.0714. The molecule has 3 aromatic heterocycles. The fourth-order valence-electron chi connectivity index (χ4n) is 2.04. The summed E-state index contributed by atoms with van der Waals surface area (Å²) < 4.78 is 3.49. The maximum absolute atomic E-state index is 12.5. The molecule has 7 heteroatoms. The standard InChI is InChI=1S/C14H10Br2N4O/c1-8-13(20-7-10(16)3-5-12(20)18-8)14(21)19-11-4-2-9(15)6-17-11/h2-7H,1H3,(H,17,19,21). The number of hydrogen-bond donors (Lipinski definition) is 1. The van der Waals surface area contributed by atoms with Crippen LogP contribution >= 0.6 is 31.9 Å². The number of amides is 1. The lowest BCUT2D eigenvalue weighted by molar-refractivity contribution is 0.102. The molecule has 0 unspecified atom stereocenters. The smallest absolute Gasteiger partial charge is 0.275 e. The molecule has 0 saturated heterocycles. The molecule has 0 atom stereocenters. The van der Waals surface area contributed by atoms with Crippen LogP contribution in [0, 0.1) is 6.92 Å². The van der Waals surface area contributed by atoms with E-state index < -0.39 is 0 Å². The van der Waals surface area contributed by atoms with Crippen LogP contribution in [0.2, 0.25) is 0 Å². The number of anilines is 1. The summed E-state index contributed by atoms with van der Waals surface area (Å²) >= 11 is 6.71. The maximum atomic E-state index is 12.5. The summed E-state index contributed by atoms with van der Waals surface area (Å²) in [7, 11) is 0. The number of nitrogens with zero attached hydrogens (tertiary/aromatic N) is 3. The van der Waals surface area contributed by atoms with E-state index in [-0.39, 0.29) is 5.91 Å². The zero-order valence-corrected chi connectivity index (χ0v) is 14.1. The predicted molar refractivity (Wildman–Crippen MR) is 87.5 cm³/mol. The van der Waals surface area contributed by atoms with Gasteiger partial charge >= 0.3 is 0 Å². The Balaban J connectivity index is 1.99. The number of fused-ring (bicyclic) bond motifs is 1. The molecule has 0 aromatic carbocycles. The second kappa shape index (κ2) is 5.57. The average Bonchev–Trinajstić information content (AvgIpc) is 2.76. The first kappa shape index (κ1) is 14.2. The van der Waals surface area contributed by atoms with Crippen LogP contribution in [0.15, 0.2) is 45.6 Å². The van der Waals surface area contributed by atoms with E-state index in [1.165, 1.54) is 0 Å². The van der Waals surface area contributed by atoms with Gasteiger partial charge in [-0.3, -0.25) is 9.20 Å². The van der Waals surface area contributed by atoms with Crippen LogP contribution in [-0.4, -0.2) is 20.3 Å². The molecule has 1 N–H and O–H groups in total. The Labute approximate surface area is 137 Å². The Hall–Kier alpha value is -1.73. The van der Waals surface area contributed by atoms with Crippen molar-refractivity contribution in [3.05, 3.63) is 57.0 Å². The molecule has 0 aliphatic rings. The minimum absolute atomic E-state index is 0.243. The van der Waals surface area contributed by atoms with Gasteiger partial charge in [-0.25, -0.2) is 9.97 Å². The van der Waals surface area contributed by atoms with Crippen molar-refractivity contribution < 1.29 is 4.79 Å². The molecular weight excluding hydrogens is 400 g/mol. The van der Waals surface area contributed by atoms with E-state index in [2.05, 4.69) is 47.1 Å². The van der Waals surface area contributed by atoms with Crippen molar-refractivity contribution in [1.82, 2.24) is 14.4 Å². The second-order valence-corrected chi connectivity index (χ2v) is 6.27. The minimum Gasteiger partial charge on any atom is -0.305 e. The van der Waals surface area contributed by atoms with Gasteiger partial charge in [0.2, 0.25) is 0 Å². The number of aromatic nitrogens is 3. The zero-order valence-electron chi connectivity index (χ0n) is 11.0. The highest BCUT2D eigenvalue weighted by molar-refractivity contribution is 9.10. The number of nitrogens with one attached hydrogen (secondary N) is 1. The molecule has 0 radical (unpaired) electrons. The van der Waals surface area contributed by atoms with Crippen molar-refractivity contribution >= 4 is 49.2 Å². The number of halogens is 2. The predicted octanol–water partition coefficient (Wildman–Crippen LogP) is 3.82. The summed E-state index contributed by atoms with van der Waals surface area (Å²) in [5, 5.41) is 2.78. The van der Waals surface area contributed by atoms with Gasteiger partial charge in [-0.1, -0.05) is 0 Å². The Bertz CT molecular complexity index is 827. The van der Waals surface area contributed by atoms with Crippen LogP contribution in [0.1, 0.15) is 16.2 Å². The van der Waals surface area contributed by atoms with Crippen molar-refractivity contribution in [2.75, 3.05) is 5.32 Å². The van der Waals surface area contributed by atoms with Gasteiger partial charge in [-0.15, -0.1) is 0 Å². The van der Waals surface area contributed by atoms with Crippen molar-refractivity contribution in [2.45, 2.75) is 6.92 Å². The van der Waals surface area contributed by atoms with Gasteiger partial charge in [-0.05, 0) is 63.0 Å². The fourth-order valence-corrected chi connectivity index (χ4v) is 2.61. The third-order valence-electron chi connectivity index (χ3n) is 2.94. The highest BCUT2D eigenvalue weighted by Crippen LogP contribution is 2.18. The van der Waals surface area contributed by atoms with Gasteiger partial charge in [0, 0.05) is 21.3 Å². The van der Waals surface area contributed by atoms with Crippen LogP contribution in [0.3, 0.4) is 0 Å². The van der Waals surface area contributed by atoms with Gasteiger partial charge in [0.15, 0.2) is 0 Å². The number of carbonyl (C=O) groups is 1. The summed E-state index contributed by atoms with van der Waals surface area (Å²) in [5.41, 5.74) is 1.89. The summed E-state index contributed by atoms with van der Waals surface area (Å²) in [4.78, 5) is 21.0. The number of carbonyl (C=O) groups excluding carboxylic acids is 1. The molecule has 5 nitrogen and oxygen atoms in total. The first-order chi connectivity index (χ1) is 10.0. The molecule has 0 spiro atoms. The number of imidazole rings is 1. The molecule has 3 heterocycles. The van der Waals surface area contributed by atoms with E-state index in [1.54, 1.807) is 16.7 Å². The van der Waals surface area contributed by atoms with Crippen LogP contribution in [-0.2, 0) is 0 Å². The second-order valence-electron chi connectivity index (χ2n) is 4.44. The van der Waals surface area contributed by atoms with E-state index in [4.69, 9.17) is 0 Å².